The van der Waals surface area contributed by atoms with Crippen molar-refractivity contribution >= 4 is 52.3 Å². The van der Waals surface area contributed by atoms with Crippen LogP contribution in [-0.2, 0) is 4.79 Å². The molecule has 0 atom stereocenters. The van der Waals surface area contributed by atoms with E-state index in [-0.39, 0.29) is 17.2 Å². The van der Waals surface area contributed by atoms with Crippen LogP contribution in [0.3, 0.4) is 0 Å². The maximum absolute atomic E-state index is 14.1. The summed E-state index contributed by atoms with van der Waals surface area (Å²) in [6.45, 7) is 0.455. The smallest absolute Gasteiger partial charge is 0.335 e. The van der Waals surface area contributed by atoms with Crippen molar-refractivity contribution in [3.8, 4) is 11.3 Å². The molecule has 0 unspecified atom stereocenters. The SMILES string of the molecule is CSCCN1C(=O)/C(=C/c2ccc(-c3ccc(C(=O)O)cc3)o2)SC1=Nc1ccccc1F. The van der Waals surface area contributed by atoms with E-state index in [1.165, 1.54) is 30.0 Å². The average Bonchev–Trinajstić information content (AvgIpc) is 3.39. The van der Waals surface area contributed by atoms with Crippen molar-refractivity contribution in [2.24, 2.45) is 4.99 Å². The third-order valence-electron chi connectivity index (χ3n) is 4.79. The minimum atomic E-state index is -0.998. The molecule has 0 radical (unpaired) electrons. The Kier molecular flexibility index (Phi) is 7.00. The molecule has 1 saturated heterocycles. The molecule has 0 aliphatic carbocycles. The minimum Gasteiger partial charge on any atom is -0.478 e. The van der Waals surface area contributed by atoms with Crippen molar-refractivity contribution in [2.75, 3.05) is 18.6 Å². The van der Waals surface area contributed by atoms with Gasteiger partial charge in [0.1, 0.15) is 23.0 Å². The van der Waals surface area contributed by atoms with Gasteiger partial charge in [0.15, 0.2) is 5.17 Å². The van der Waals surface area contributed by atoms with Crippen LogP contribution in [0.2, 0.25) is 0 Å². The molecule has 4 rings (SSSR count). The van der Waals surface area contributed by atoms with E-state index in [9.17, 15) is 14.0 Å². The molecule has 0 saturated carbocycles. The largest absolute Gasteiger partial charge is 0.478 e. The van der Waals surface area contributed by atoms with Crippen LogP contribution in [0.5, 0.6) is 0 Å². The summed E-state index contributed by atoms with van der Waals surface area (Å²) in [5.41, 5.74) is 1.08. The lowest BCUT2D eigenvalue weighted by molar-refractivity contribution is -0.122. The topological polar surface area (TPSA) is 83.1 Å². The maximum Gasteiger partial charge on any atom is 0.335 e. The van der Waals surface area contributed by atoms with E-state index < -0.39 is 11.8 Å². The first kappa shape index (κ1) is 22.9. The highest BCUT2D eigenvalue weighted by molar-refractivity contribution is 8.18. The fourth-order valence-corrected chi connectivity index (χ4v) is 4.47. The summed E-state index contributed by atoms with van der Waals surface area (Å²) < 4.78 is 20.0. The van der Waals surface area contributed by atoms with Gasteiger partial charge in [0.2, 0.25) is 0 Å². The third kappa shape index (κ3) is 5.20. The number of aromatic carboxylic acids is 1. The van der Waals surface area contributed by atoms with Crippen molar-refractivity contribution in [3.63, 3.8) is 0 Å². The number of thioether (sulfide) groups is 2. The van der Waals surface area contributed by atoms with E-state index in [0.717, 1.165) is 5.56 Å². The van der Waals surface area contributed by atoms with Gasteiger partial charge in [-0.2, -0.15) is 11.8 Å². The molecule has 1 fully saturated rings. The summed E-state index contributed by atoms with van der Waals surface area (Å²) in [5, 5.41) is 9.46. The molecule has 168 valence electrons. The first-order valence-electron chi connectivity index (χ1n) is 9.93. The number of hydrogen-bond donors (Lipinski definition) is 1. The zero-order chi connectivity index (χ0) is 23.4. The Hall–Kier alpha value is -3.30. The fourth-order valence-electron chi connectivity index (χ4n) is 3.11. The van der Waals surface area contributed by atoms with Crippen LogP contribution >= 0.6 is 23.5 Å². The Morgan fingerprint density at radius 1 is 1.18 bits per heavy atom. The van der Waals surface area contributed by atoms with E-state index in [0.29, 0.717) is 33.9 Å². The van der Waals surface area contributed by atoms with E-state index >= 15 is 0 Å². The molecular formula is C24H19FN2O4S2. The molecule has 6 nitrogen and oxygen atoms in total. The average molecular weight is 483 g/mol. The Balaban J connectivity index is 1.61. The van der Waals surface area contributed by atoms with Gasteiger partial charge in [-0.1, -0.05) is 24.3 Å². The number of hydrogen-bond acceptors (Lipinski definition) is 6. The summed E-state index contributed by atoms with van der Waals surface area (Å²) in [6.07, 6.45) is 3.59. The number of benzene rings is 2. The van der Waals surface area contributed by atoms with Crippen molar-refractivity contribution in [1.29, 1.82) is 0 Å². The summed E-state index contributed by atoms with van der Waals surface area (Å²) in [4.78, 5) is 30.4. The normalized spacial score (nSPS) is 16.2. The van der Waals surface area contributed by atoms with Crippen molar-refractivity contribution < 1.29 is 23.5 Å². The number of amides is 1. The monoisotopic (exact) mass is 482 g/mol. The summed E-state index contributed by atoms with van der Waals surface area (Å²) in [6, 6.07) is 16.0. The number of nitrogens with zero attached hydrogens (tertiary/aromatic N) is 2. The minimum absolute atomic E-state index is 0.174. The number of para-hydroxylation sites is 1. The van der Waals surface area contributed by atoms with Gasteiger partial charge in [-0.3, -0.25) is 9.69 Å². The molecule has 1 aromatic heterocycles. The van der Waals surface area contributed by atoms with Gasteiger partial charge in [0.25, 0.3) is 5.91 Å². The van der Waals surface area contributed by atoms with Crippen LogP contribution < -0.4 is 0 Å². The molecule has 9 heteroatoms. The third-order valence-corrected chi connectivity index (χ3v) is 6.39. The molecule has 1 aliphatic rings. The fraction of sp³-hybridized carbons (Fsp3) is 0.125. The predicted molar refractivity (Wildman–Crippen MR) is 130 cm³/mol. The van der Waals surface area contributed by atoms with Crippen molar-refractivity contribution in [1.82, 2.24) is 4.90 Å². The Morgan fingerprint density at radius 3 is 2.64 bits per heavy atom. The number of aliphatic imine (C=N–C) groups is 1. The van der Waals surface area contributed by atoms with E-state index in [1.54, 1.807) is 65.2 Å². The molecule has 2 aromatic carbocycles. The maximum atomic E-state index is 14.1. The number of carboxylic acids is 1. The van der Waals surface area contributed by atoms with Gasteiger partial charge in [-0.25, -0.2) is 14.2 Å². The van der Waals surface area contributed by atoms with Crippen molar-refractivity contribution in [2.45, 2.75) is 0 Å². The number of carbonyl (C=O) groups excluding carboxylic acids is 1. The summed E-state index contributed by atoms with van der Waals surface area (Å²) in [5.74, 6) is 0.0707. The number of halogens is 1. The Bertz CT molecular complexity index is 1250. The molecule has 1 amide bonds. The lowest BCUT2D eigenvalue weighted by Crippen LogP contribution is -2.31. The van der Waals surface area contributed by atoms with Gasteiger partial charge in [0.05, 0.1) is 10.5 Å². The Morgan fingerprint density at radius 2 is 1.94 bits per heavy atom. The molecule has 3 aromatic rings. The molecule has 2 heterocycles. The molecule has 33 heavy (non-hydrogen) atoms. The highest BCUT2D eigenvalue weighted by Gasteiger charge is 2.33. The first-order valence-corrected chi connectivity index (χ1v) is 12.1. The molecule has 1 N–H and O–H groups in total. The molecule has 0 spiro atoms. The van der Waals surface area contributed by atoms with E-state index in [4.69, 9.17) is 9.52 Å². The van der Waals surface area contributed by atoms with E-state index in [2.05, 4.69) is 4.99 Å². The lowest BCUT2D eigenvalue weighted by Gasteiger charge is -2.14. The standard InChI is InChI=1S/C24H19FN2O4S2/c1-32-13-12-27-22(28)21(33-24(27)26-19-5-3-2-4-18(19)25)14-17-10-11-20(31-17)15-6-8-16(9-7-15)23(29)30/h2-11,14H,12-13H2,1H3,(H,29,30)/b21-14-,26-24?. The second-order valence-corrected chi connectivity index (χ2v) is 8.99. The number of carboxylic acid groups (broad SMARTS) is 1. The summed E-state index contributed by atoms with van der Waals surface area (Å²) in [7, 11) is 0. The van der Waals surface area contributed by atoms with E-state index in [1.807, 2.05) is 6.26 Å². The highest BCUT2D eigenvalue weighted by Crippen LogP contribution is 2.35. The van der Waals surface area contributed by atoms with Crippen LogP contribution in [0.4, 0.5) is 10.1 Å². The van der Waals surface area contributed by atoms with Gasteiger partial charge in [0, 0.05) is 23.9 Å². The molecule has 0 bridgehead atoms. The van der Waals surface area contributed by atoms with Gasteiger partial charge >= 0.3 is 5.97 Å². The Labute approximate surface area is 198 Å². The number of rotatable bonds is 7. The predicted octanol–water partition coefficient (Wildman–Crippen LogP) is 5.75. The van der Waals surface area contributed by atoms with Crippen LogP contribution in [-0.4, -0.2) is 45.6 Å². The van der Waals surface area contributed by atoms with Crippen LogP contribution in [0.1, 0.15) is 16.1 Å². The number of furan rings is 1. The van der Waals surface area contributed by atoms with Gasteiger partial charge in [-0.15, -0.1) is 0 Å². The number of amidine groups is 1. The quantitative estimate of drug-likeness (QED) is 0.432. The van der Waals surface area contributed by atoms with Crippen LogP contribution in [0.15, 0.2) is 75.0 Å². The zero-order valence-electron chi connectivity index (χ0n) is 17.5. The number of carbonyl (C=O) groups is 2. The van der Waals surface area contributed by atoms with Crippen LogP contribution in [0.25, 0.3) is 17.4 Å². The molecular weight excluding hydrogens is 463 g/mol. The van der Waals surface area contributed by atoms with Crippen LogP contribution in [0, 0.1) is 5.82 Å². The van der Waals surface area contributed by atoms with Crippen molar-refractivity contribution in [3.05, 3.63) is 82.7 Å². The second kappa shape index (κ2) is 10.1. The lowest BCUT2D eigenvalue weighted by atomic mass is 10.1. The second-order valence-electron chi connectivity index (χ2n) is 6.99. The first-order chi connectivity index (χ1) is 16.0. The van der Waals surface area contributed by atoms with Gasteiger partial charge in [-0.05, 0) is 54.4 Å². The zero-order valence-corrected chi connectivity index (χ0v) is 19.2. The summed E-state index contributed by atoms with van der Waals surface area (Å²) >= 11 is 2.78. The van der Waals surface area contributed by atoms with Gasteiger partial charge < -0.3 is 9.52 Å². The molecule has 1 aliphatic heterocycles. The highest BCUT2D eigenvalue weighted by atomic mass is 32.2.